The molecule has 1 aromatic carbocycles. The van der Waals surface area contributed by atoms with Crippen LogP contribution in [0.4, 0.5) is 0 Å². The van der Waals surface area contributed by atoms with Gasteiger partial charge < -0.3 is 5.32 Å². The van der Waals surface area contributed by atoms with Gasteiger partial charge >= 0.3 is 0 Å². The van der Waals surface area contributed by atoms with E-state index < -0.39 is 0 Å². The lowest BCUT2D eigenvalue weighted by atomic mass is 9.97. The highest BCUT2D eigenvalue weighted by atomic mass is 79.9. The van der Waals surface area contributed by atoms with Gasteiger partial charge in [0.15, 0.2) is 0 Å². The molecule has 0 amide bonds. The largest absolute Gasteiger partial charge is 0.316 e. The quantitative estimate of drug-likeness (QED) is 0.861. The first-order valence-corrected chi connectivity index (χ1v) is 7.13. The highest BCUT2D eigenvalue weighted by Gasteiger charge is 2.24. The number of aromatic amines is 1. The third-order valence-electron chi connectivity index (χ3n) is 3.31. The molecule has 0 aliphatic carbocycles. The maximum atomic E-state index is 12.0. The molecule has 0 radical (unpaired) electrons. The van der Waals surface area contributed by atoms with Crippen LogP contribution in [-0.2, 0) is 0 Å². The summed E-state index contributed by atoms with van der Waals surface area (Å²) >= 11 is 7.31. The lowest BCUT2D eigenvalue weighted by molar-refractivity contribution is 0.759. The van der Waals surface area contributed by atoms with Crippen LogP contribution in [-0.4, -0.2) is 17.5 Å². The Morgan fingerprint density at radius 3 is 2.63 bits per heavy atom. The predicted molar refractivity (Wildman–Crippen MR) is 85.9 cm³/mol. The Labute approximate surface area is 130 Å². The van der Waals surface area contributed by atoms with Crippen LogP contribution in [0.1, 0.15) is 17.9 Å². The summed E-state index contributed by atoms with van der Waals surface area (Å²) in [5.41, 5.74) is 2.04. The molecule has 0 spiro atoms. The van der Waals surface area contributed by atoms with Crippen LogP contribution < -0.4 is 10.9 Å². The number of hydrogen-bond acceptors (Lipinski definition) is 3. The van der Waals surface area contributed by atoms with Crippen LogP contribution in [0.25, 0.3) is 10.4 Å². The minimum absolute atomic E-state index is 0. The predicted octanol–water partition coefficient (Wildman–Crippen LogP) is 3.41. The van der Waals surface area contributed by atoms with Crippen LogP contribution in [0, 0.1) is 0 Å². The Bertz CT molecular complexity index is 602. The standard InChI is InChI=1S/C13H13ClN2OS.BrH/c14-10-3-1-8(2-4-10)12-11(13(17)16-18-12)9-5-6-15-7-9;/h1-4,9,15H,5-7H2,(H,16,17);1H. The van der Waals surface area contributed by atoms with Crippen LogP contribution in [0.2, 0.25) is 5.02 Å². The zero-order valence-corrected chi connectivity index (χ0v) is 13.4. The van der Waals surface area contributed by atoms with E-state index in [4.69, 9.17) is 11.6 Å². The first kappa shape index (κ1) is 14.8. The van der Waals surface area contributed by atoms with Crippen molar-refractivity contribution in [2.75, 3.05) is 13.1 Å². The molecule has 1 aromatic heterocycles. The average molecular weight is 362 g/mol. The van der Waals surface area contributed by atoms with Crippen molar-refractivity contribution in [2.45, 2.75) is 12.3 Å². The van der Waals surface area contributed by atoms with Gasteiger partial charge in [-0.2, -0.15) is 0 Å². The van der Waals surface area contributed by atoms with E-state index in [-0.39, 0.29) is 22.5 Å². The van der Waals surface area contributed by atoms with Gasteiger partial charge in [0.05, 0.1) is 4.88 Å². The van der Waals surface area contributed by atoms with E-state index in [1.807, 2.05) is 24.3 Å². The molecule has 2 N–H and O–H groups in total. The van der Waals surface area contributed by atoms with Crippen molar-refractivity contribution < 1.29 is 0 Å². The number of halogens is 2. The van der Waals surface area contributed by atoms with E-state index in [0.717, 1.165) is 35.5 Å². The highest BCUT2D eigenvalue weighted by Crippen LogP contribution is 2.33. The maximum absolute atomic E-state index is 12.0. The molecule has 2 aromatic rings. The normalized spacial score (nSPS) is 18.3. The van der Waals surface area contributed by atoms with Crippen molar-refractivity contribution in [3.05, 3.63) is 45.2 Å². The number of H-pyrrole nitrogens is 1. The monoisotopic (exact) mass is 360 g/mol. The Morgan fingerprint density at radius 1 is 1.26 bits per heavy atom. The zero-order chi connectivity index (χ0) is 12.5. The molecular weight excluding hydrogens is 348 g/mol. The topological polar surface area (TPSA) is 44.9 Å². The Kier molecular flexibility index (Phi) is 4.84. The van der Waals surface area contributed by atoms with Crippen molar-refractivity contribution in [1.29, 1.82) is 0 Å². The number of nitrogens with one attached hydrogen (secondary N) is 2. The molecule has 0 bridgehead atoms. The average Bonchev–Trinajstić information content (AvgIpc) is 2.99. The van der Waals surface area contributed by atoms with Gasteiger partial charge in [-0.3, -0.25) is 9.17 Å². The van der Waals surface area contributed by atoms with Crippen LogP contribution in [0.3, 0.4) is 0 Å². The van der Waals surface area contributed by atoms with Gasteiger partial charge in [0.25, 0.3) is 5.56 Å². The molecule has 19 heavy (non-hydrogen) atoms. The molecule has 1 atom stereocenters. The Hall–Kier alpha value is -0.620. The van der Waals surface area contributed by atoms with Crippen molar-refractivity contribution in [3.63, 3.8) is 0 Å². The summed E-state index contributed by atoms with van der Waals surface area (Å²) in [6, 6.07) is 7.65. The number of benzene rings is 1. The van der Waals surface area contributed by atoms with E-state index in [0.29, 0.717) is 10.9 Å². The van der Waals surface area contributed by atoms with Gasteiger partial charge in [0, 0.05) is 23.0 Å². The second-order valence-corrected chi connectivity index (χ2v) is 5.73. The molecule has 3 rings (SSSR count). The van der Waals surface area contributed by atoms with Crippen molar-refractivity contribution in [1.82, 2.24) is 9.69 Å². The summed E-state index contributed by atoms with van der Waals surface area (Å²) in [4.78, 5) is 13.0. The van der Waals surface area contributed by atoms with Crippen LogP contribution >= 0.6 is 40.1 Å². The SMILES string of the molecule is Br.O=c1[nH]sc(-c2ccc(Cl)cc2)c1C1CCNC1. The molecule has 102 valence electrons. The fourth-order valence-electron chi connectivity index (χ4n) is 2.40. The summed E-state index contributed by atoms with van der Waals surface area (Å²) < 4.78 is 2.85. The van der Waals surface area contributed by atoms with Gasteiger partial charge in [-0.05, 0) is 30.7 Å². The summed E-state index contributed by atoms with van der Waals surface area (Å²) in [7, 11) is 0. The van der Waals surface area contributed by atoms with Crippen molar-refractivity contribution in [2.24, 2.45) is 0 Å². The van der Waals surface area contributed by atoms with Crippen molar-refractivity contribution >= 4 is 40.1 Å². The van der Waals surface area contributed by atoms with Gasteiger partial charge in [0.1, 0.15) is 0 Å². The van der Waals surface area contributed by atoms with E-state index >= 15 is 0 Å². The first-order chi connectivity index (χ1) is 8.75. The molecular formula is C13H14BrClN2OS. The summed E-state index contributed by atoms with van der Waals surface area (Å²) in [5, 5.41) is 4.02. The minimum Gasteiger partial charge on any atom is -0.316 e. The second kappa shape index (κ2) is 6.22. The van der Waals surface area contributed by atoms with E-state index in [1.165, 1.54) is 11.5 Å². The smallest absolute Gasteiger partial charge is 0.262 e. The van der Waals surface area contributed by atoms with Gasteiger partial charge in [0.2, 0.25) is 0 Å². The molecule has 1 aliphatic heterocycles. The molecule has 1 aliphatic rings. The van der Waals surface area contributed by atoms with Crippen molar-refractivity contribution in [3.8, 4) is 10.4 Å². The molecule has 1 saturated heterocycles. The number of hydrogen-bond donors (Lipinski definition) is 2. The molecule has 0 saturated carbocycles. The first-order valence-electron chi connectivity index (χ1n) is 5.94. The second-order valence-electron chi connectivity index (χ2n) is 4.47. The number of rotatable bonds is 2. The van der Waals surface area contributed by atoms with Crippen LogP contribution in [0.5, 0.6) is 0 Å². The zero-order valence-electron chi connectivity index (χ0n) is 10.1. The fraction of sp³-hybridized carbons (Fsp3) is 0.308. The van der Waals surface area contributed by atoms with Gasteiger partial charge in [-0.1, -0.05) is 35.3 Å². The maximum Gasteiger partial charge on any atom is 0.262 e. The Morgan fingerprint density at radius 2 is 2.00 bits per heavy atom. The van der Waals surface area contributed by atoms with E-state index in [1.54, 1.807) is 0 Å². The number of aromatic nitrogens is 1. The minimum atomic E-state index is 0. The van der Waals surface area contributed by atoms with Crippen LogP contribution in [0.15, 0.2) is 29.1 Å². The molecule has 1 unspecified atom stereocenters. The van der Waals surface area contributed by atoms with E-state index in [9.17, 15) is 4.79 Å². The van der Waals surface area contributed by atoms with E-state index in [2.05, 4.69) is 9.69 Å². The van der Waals surface area contributed by atoms with Gasteiger partial charge in [-0.15, -0.1) is 17.0 Å². The summed E-state index contributed by atoms with van der Waals surface area (Å²) in [5.74, 6) is 0.325. The lowest BCUT2D eigenvalue weighted by Gasteiger charge is -2.08. The highest BCUT2D eigenvalue weighted by molar-refractivity contribution is 8.93. The third-order valence-corrected chi connectivity index (χ3v) is 4.51. The molecule has 6 heteroatoms. The fourth-order valence-corrected chi connectivity index (χ4v) is 3.45. The van der Waals surface area contributed by atoms with Gasteiger partial charge in [-0.25, -0.2) is 0 Å². The lowest BCUT2D eigenvalue weighted by Crippen LogP contribution is -2.14. The summed E-state index contributed by atoms with van der Waals surface area (Å²) in [6.07, 6.45) is 1.03. The molecule has 2 heterocycles. The third kappa shape index (κ3) is 2.94. The molecule has 3 nitrogen and oxygen atoms in total. The summed E-state index contributed by atoms with van der Waals surface area (Å²) in [6.45, 7) is 1.88. The Balaban J connectivity index is 0.00000133. The molecule has 1 fully saturated rings.